The van der Waals surface area contributed by atoms with Crippen LogP contribution < -0.4 is 9.47 Å². The van der Waals surface area contributed by atoms with Gasteiger partial charge in [0.15, 0.2) is 0 Å². The summed E-state index contributed by atoms with van der Waals surface area (Å²) in [5, 5.41) is 0. The summed E-state index contributed by atoms with van der Waals surface area (Å²) in [4.78, 5) is 2.15. The Balaban J connectivity index is 1.86. The van der Waals surface area contributed by atoms with E-state index in [2.05, 4.69) is 70.7 Å². The lowest BCUT2D eigenvalue weighted by Gasteiger charge is -2.35. The fourth-order valence-electron chi connectivity index (χ4n) is 2.29. The highest BCUT2D eigenvalue weighted by Gasteiger charge is 2.27. The number of fused-ring (bicyclic) bond motifs is 3. The fraction of sp³-hybridized carbons (Fsp3) is 0.400. The third-order valence-corrected chi connectivity index (χ3v) is 7.45. The van der Waals surface area contributed by atoms with Crippen molar-refractivity contribution in [3.63, 3.8) is 0 Å². The minimum absolute atomic E-state index is 0.564. The molecule has 2 aliphatic heterocycles. The van der Waals surface area contributed by atoms with Gasteiger partial charge in [0.05, 0.1) is 5.56 Å². The summed E-state index contributed by atoms with van der Waals surface area (Å²) in [5.74, 6) is 1.93. The second-order valence-electron chi connectivity index (χ2n) is 4.47. The van der Waals surface area contributed by atoms with Gasteiger partial charge in [0.2, 0.25) is 4.86 Å². The highest BCUT2D eigenvalue weighted by atomic mass is 127. The van der Waals surface area contributed by atoms with Crippen LogP contribution in [0.15, 0.2) is 12.1 Å². The van der Waals surface area contributed by atoms with E-state index < -0.39 is 5.59 Å². The molecule has 2 heterocycles. The van der Waals surface area contributed by atoms with E-state index in [0.717, 1.165) is 30.2 Å². The molecule has 0 fully saturated rings. The zero-order chi connectivity index (χ0) is 14.1. The van der Waals surface area contributed by atoms with E-state index in [9.17, 15) is 0 Å². The third kappa shape index (κ3) is 3.40. The topological polar surface area (TPSA) is 24.9 Å². The average Bonchev–Trinajstić information content (AvgIpc) is 2.46. The summed E-state index contributed by atoms with van der Waals surface area (Å²) in [5.41, 5.74) is 1.72. The predicted molar refractivity (Wildman–Crippen MR) is 103 cm³/mol. The maximum atomic E-state index is 6.01. The lowest BCUT2D eigenvalue weighted by molar-refractivity contribution is 0.153. The first-order chi connectivity index (χ1) is 9.69. The first-order valence-corrected chi connectivity index (χ1v) is 12.4. The fourth-order valence-corrected chi connectivity index (χ4v) is 5.28. The number of rotatable bonds is 3. The number of hydrogen-bond acceptors (Lipinski definition) is 4. The molecule has 2 unspecified atom stereocenters. The van der Waals surface area contributed by atoms with E-state index in [4.69, 9.17) is 17.0 Å². The standard InChI is InChI=1S/C10H11B2I2N2O2P2/c11-20(14)16-4-8-9(17-6-16)2-1-7-3-15(19-12-13)5-18-10(7)8/h1-2,19H,3-6H2. The van der Waals surface area contributed by atoms with Gasteiger partial charge in [0.25, 0.3) is 0 Å². The lowest BCUT2D eigenvalue weighted by Crippen LogP contribution is -2.30. The summed E-state index contributed by atoms with van der Waals surface area (Å²) < 4.78 is 16.2. The number of nitrogens with zero attached hydrogens (tertiary/aromatic N) is 2. The van der Waals surface area contributed by atoms with Crippen LogP contribution >= 0.6 is 58.6 Å². The van der Waals surface area contributed by atoms with Crippen LogP contribution in [0.2, 0.25) is 0 Å². The van der Waals surface area contributed by atoms with Gasteiger partial charge < -0.3 is 9.47 Å². The average molecular weight is 529 g/mol. The highest BCUT2D eigenvalue weighted by Crippen LogP contribution is 2.49. The van der Waals surface area contributed by atoms with Crippen molar-refractivity contribution in [2.45, 2.75) is 13.1 Å². The van der Waals surface area contributed by atoms with Gasteiger partial charge >= 0.3 is 0 Å². The molecule has 3 radical (unpaired) electrons. The van der Waals surface area contributed by atoms with Crippen LogP contribution in [-0.2, 0) is 13.1 Å². The van der Waals surface area contributed by atoms with E-state index in [1.807, 2.05) is 0 Å². The molecule has 0 saturated carbocycles. The number of halogens is 2. The van der Waals surface area contributed by atoms with Crippen LogP contribution in [0.4, 0.5) is 0 Å². The Morgan fingerprint density at radius 1 is 1.30 bits per heavy atom. The highest BCUT2D eigenvalue weighted by molar-refractivity contribution is 14.2. The first-order valence-electron chi connectivity index (χ1n) is 5.98. The van der Waals surface area contributed by atoms with Crippen molar-refractivity contribution >= 4 is 71.0 Å². The largest absolute Gasteiger partial charge is 0.477 e. The third-order valence-electron chi connectivity index (χ3n) is 3.24. The van der Waals surface area contributed by atoms with Crippen molar-refractivity contribution in [1.82, 2.24) is 9.34 Å². The monoisotopic (exact) mass is 529 g/mol. The zero-order valence-corrected chi connectivity index (χ0v) is 16.8. The van der Waals surface area contributed by atoms with Gasteiger partial charge in [-0.05, 0) is 33.7 Å². The molecule has 0 saturated heterocycles. The molecule has 1 aromatic carbocycles. The summed E-state index contributed by atoms with van der Waals surface area (Å²) in [6.45, 7) is 2.95. The Morgan fingerprint density at radius 2 is 2.15 bits per heavy atom. The van der Waals surface area contributed by atoms with Gasteiger partial charge in [-0.3, -0.25) is 4.67 Å². The molecule has 0 N–H and O–H groups in total. The molecule has 4 nitrogen and oxygen atoms in total. The van der Waals surface area contributed by atoms with Crippen molar-refractivity contribution < 1.29 is 9.47 Å². The molecule has 0 aliphatic carbocycles. The van der Waals surface area contributed by atoms with Gasteiger partial charge in [0, 0.05) is 18.7 Å². The molecule has 103 valence electrons. The number of hydrogen-bond donors (Lipinski definition) is 0. The summed E-state index contributed by atoms with van der Waals surface area (Å²) in [6, 6.07) is 4.17. The minimum atomic E-state index is -0.663. The Labute approximate surface area is 150 Å². The number of benzene rings is 1. The van der Waals surface area contributed by atoms with Crippen LogP contribution in [0.5, 0.6) is 11.5 Å². The summed E-state index contributed by atoms with van der Waals surface area (Å²) >= 11 is 4.55. The molecule has 0 bridgehead atoms. The molecule has 20 heavy (non-hydrogen) atoms. The van der Waals surface area contributed by atoms with Crippen LogP contribution in [0.1, 0.15) is 11.1 Å². The number of ether oxygens (including phenoxy) is 2. The second-order valence-corrected chi connectivity index (χ2v) is 11.6. The molecule has 1 aromatic rings. The van der Waals surface area contributed by atoms with E-state index in [1.165, 1.54) is 5.56 Å². The molecule has 2 atom stereocenters. The van der Waals surface area contributed by atoms with E-state index in [-0.39, 0.29) is 0 Å². The van der Waals surface area contributed by atoms with Gasteiger partial charge in [-0.15, -0.1) is 22.4 Å². The summed E-state index contributed by atoms with van der Waals surface area (Å²) in [6.07, 6.45) is 0. The van der Waals surface area contributed by atoms with E-state index >= 15 is 0 Å². The van der Waals surface area contributed by atoms with Crippen molar-refractivity contribution in [3.05, 3.63) is 23.3 Å². The maximum absolute atomic E-state index is 6.01. The Kier molecular flexibility index (Phi) is 5.76. The van der Waals surface area contributed by atoms with Crippen LogP contribution in [0.25, 0.3) is 0 Å². The maximum Gasteiger partial charge on any atom is 0.248 e. The van der Waals surface area contributed by atoms with Crippen LogP contribution in [0, 0.1) is 0 Å². The molecule has 0 amide bonds. The van der Waals surface area contributed by atoms with E-state index in [1.54, 1.807) is 0 Å². The lowest BCUT2D eigenvalue weighted by atomic mass is 10.1. The first kappa shape index (κ1) is 16.1. The van der Waals surface area contributed by atoms with Crippen molar-refractivity contribution in [2.75, 3.05) is 13.5 Å². The molecular formula is C10H11B2I2N2O2P2. The Hall–Kier alpha value is 1.19. The molecule has 2 aliphatic rings. The van der Waals surface area contributed by atoms with Gasteiger partial charge in [-0.25, -0.2) is 4.67 Å². The zero-order valence-electron chi connectivity index (χ0n) is 10.6. The minimum Gasteiger partial charge on any atom is -0.477 e. The predicted octanol–water partition coefficient (Wildman–Crippen LogP) is 3.38. The SMILES string of the molecule is [B]P(I)N1COc2ccc3c(c2C1)OCN(P[B]I)C3. The van der Waals surface area contributed by atoms with Crippen molar-refractivity contribution in [2.24, 2.45) is 0 Å². The van der Waals surface area contributed by atoms with Gasteiger partial charge in [-0.1, -0.05) is 14.7 Å². The van der Waals surface area contributed by atoms with Crippen LogP contribution in [0.3, 0.4) is 0 Å². The van der Waals surface area contributed by atoms with Gasteiger partial charge in [0.1, 0.15) is 32.5 Å². The molecule has 0 aromatic heterocycles. The summed E-state index contributed by atoms with van der Waals surface area (Å²) in [7, 11) is 6.69. The smallest absolute Gasteiger partial charge is 0.248 e. The Bertz CT molecular complexity index is 512. The molecular weight excluding hydrogens is 518 g/mol. The molecule has 10 heteroatoms. The normalized spacial score (nSPS) is 20.9. The Morgan fingerprint density at radius 3 is 2.90 bits per heavy atom. The van der Waals surface area contributed by atoms with Crippen molar-refractivity contribution in [3.8, 4) is 11.5 Å². The quantitative estimate of drug-likeness (QED) is 0.341. The molecule has 3 rings (SSSR count). The van der Waals surface area contributed by atoms with Crippen molar-refractivity contribution in [1.29, 1.82) is 0 Å². The van der Waals surface area contributed by atoms with E-state index in [0.29, 0.717) is 22.1 Å². The van der Waals surface area contributed by atoms with Crippen LogP contribution in [-0.4, -0.2) is 35.2 Å². The second kappa shape index (κ2) is 7.18. The molecule has 0 spiro atoms. The van der Waals surface area contributed by atoms with Gasteiger partial charge in [-0.2, -0.15) is 0 Å².